The highest BCUT2D eigenvalue weighted by Crippen LogP contribution is 2.14. The van der Waals surface area contributed by atoms with E-state index in [2.05, 4.69) is 13.8 Å². The first-order valence-electron chi connectivity index (χ1n) is 9.58. The van der Waals surface area contributed by atoms with Gasteiger partial charge in [-0.25, -0.2) is 0 Å². The van der Waals surface area contributed by atoms with Crippen molar-refractivity contribution in [2.24, 2.45) is 0 Å². The van der Waals surface area contributed by atoms with Gasteiger partial charge in [0.05, 0.1) is 12.2 Å². The molecule has 0 saturated heterocycles. The summed E-state index contributed by atoms with van der Waals surface area (Å²) in [5, 5.41) is 19.6. The summed E-state index contributed by atoms with van der Waals surface area (Å²) in [5.41, 5.74) is 0. The maximum atomic E-state index is 9.84. The van der Waals surface area contributed by atoms with Crippen LogP contribution in [0.4, 0.5) is 0 Å². The molecule has 2 nitrogen and oxygen atoms in total. The van der Waals surface area contributed by atoms with Crippen LogP contribution in [0.5, 0.6) is 0 Å². The molecule has 0 aromatic rings. The minimum atomic E-state index is -0.506. The van der Waals surface area contributed by atoms with Crippen LogP contribution in [-0.2, 0) is 0 Å². The summed E-state index contributed by atoms with van der Waals surface area (Å²) in [6, 6.07) is 0. The van der Waals surface area contributed by atoms with Crippen LogP contribution in [0.3, 0.4) is 0 Å². The molecular weight excluding hydrogens is 260 g/mol. The summed E-state index contributed by atoms with van der Waals surface area (Å²) in [5.74, 6) is 0. The molecule has 2 atom stereocenters. The maximum Gasteiger partial charge on any atom is 0.0799 e. The molecule has 0 amide bonds. The summed E-state index contributed by atoms with van der Waals surface area (Å²) in [7, 11) is 0. The topological polar surface area (TPSA) is 40.5 Å². The van der Waals surface area contributed by atoms with E-state index in [1.807, 2.05) is 0 Å². The van der Waals surface area contributed by atoms with Gasteiger partial charge in [-0.2, -0.15) is 0 Å². The van der Waals surface area contributed by atoms with Crippen molar-refractivity contribution < 1.29 is 10.2 Å². The van der Waals surface area contributed by atoms with Gasteiger partial charge in [-0.05, 0) is 12.8 Å². The lowest BCUT2D eigenvalue weighted by molar-refractivity contribution is 0.00738. The van der Waals surface area contributed by atoms with Crippen LogP contribution in [0.25, 0.3) is 0 Å². The molecule has 0 aromatic heterocycles. The van der Waals surface area contributed by atoms with Gasteiger partial charge in [0.15, 0.2) is 0 Å². The Hall–Kier alpha value is -0.0800. The molecule has 0 fully saturated rings. The van der Waals surface area contributed by atoms with Gasteiger partial charge in [0.2, 0.25) is 0 Å². The standard InChI is InChI=1S/C19H40O2/c1-3-5-7-8-9-10-11-12-13-14-15-17-19(21)18(20)16-6-4-2/h18-21H,3-17H2,1-2H3. The summed E-state index contributed by atoms with van der Waals surface area (Å²) < 4.78 is 0. The predicted molar refractivity (Wildman–Crippen MR) is 92.6 cm³/mol. The van der Waals surface area contributed by atoms with E-state index >= 15 is 0 Å². The molecule has 0 aliphatic carbocycles. The molecule has 0 saturated carbocycles. The van der Waals surface area contributed by atoms with Crippen molar-refractivity contribution in [1.29, 1.82) is 0 Å². The van der Waals surface area contributed by atoms with Crippen molar-refractivity contribution in [3.05, 3.63) is 0 Å². The van der Waals surface area contributed by atoms with E-state index in [1.165, 1.54) is 64.2 Å². The van der Waals surface area contributed by atoms with E-state index in [4.69, 9.17) is 0 Å². The highest BCUT2D eigenvalue weighted by atomic mass is 16.3. The zero-order valence-electron chi connectivity index (χ0n) is 14.7. The quantitative estimate of drug-likeness (QED) is 0.364. The van der Waals surface area contributed by atoms with Gasteiger partial charge in [-0.1, -0.05) is 97.3 Å². The van der Waals surface area contributed by atoms with Crippen LogP contribution in [-0.4, -0.2) is 22.4 Å². The van der Waals surface area contributed by atoms with Gasteiger partial charge in [0, 0.05) is 0 Å². The average Bonchev–Trinajstić information content (AvgIpc) is 2.49. The third-order valence-corrected chi connectivity index (χ3v) is 4.40. The fourth-order valence-electron chi connectivity index (χ4n) is 2.82. The van der Waals surface area contributed by atoms with Crippen LogP contribution in [0.1, 0.15) is 110 Å². The van der Waals surface area contributed by atoms with E-state index in [1.54, 1.807) is 0 Å². The van der Waals surface area contributed by atoms with Crippen LogP contribution >= 0.6 is 0 Å². The Morgan fingerprint density at radius 3 is 1.24 bits per heavy atom. The SMILES string of the molecule is CCCCCCCCCCCCCC(O)C(O)CCCC. The van der Waals surface area contributed by atoms with Gasteiger partial charge in [-0.3, -0.25) is 0 Å². The molecule has 2 heteroatoms. The third kappa shape index (κ3) is 14.6. The normalized spacial score (nSPS) is 14.3. The number of hydrogen-bond donors (Lipinski definition) is 2. The number of unbranched alkanes of at least 4 members (excludes halogenated alkanes) is 11. The smallest absolute Gasteiger partial charge is 0.0799 e. The zero-order valence-corrected chi connectivity index (χ0v) is 14.7. The molecule has 0 aliphatic heterocycles. The van der Waals surface area contributed by atoms with Gasteiger partial charge < -0.3 is 10.2 Å². The fraction of sp³-hybridized carbons (Fsp3) is 1.00. The zero-order chi connectivity index (χ0) is 15.8. The lowest BCUT2D eigenvalue weighted by atomic mass is 10.0. The van der Waals surface area contributed by atoms with E-state index in [9.17, 15) is 10.2 Å². The molecule has 0 rings (SSSR count). The van der Waals surface area contributed by atoms with Crippen molar-refractivity contribution in [3.63, 3.8) is 0 Å². The summed E-state index contributed by atoms with van der Waals surface area (Å²) in [6.07, 6.45) is 17.2. The summed E-state index contributed by atoms with van der Waals surface area (Å²) in [6.45, 7) is 4.38. The molecule has 0 radical (unpaired) electrons. The fourth-order valence-corrected chi connectivity index (χ4v) is 2.82. The van der Waals surface area contributed by atoms with E-state index in [0.717, 1.165) is 32.1 Å². The van der Waals surface area contributed by atoms with Gasteiger partial charge in [0.1, 0.15) is 0 Å². The summed E-state index contributed by atoms with van der Waals surface area (Å²) >= 11 is 0. The van der Waals surface area contributed by atoms with Gasteiger partial charge >= 0.3 is 0 Å². The minimum Gasteiger partial charge on any atom is -0.390 e. The third-order valence-electron chi connectivity index (χ3n) is 4.40. The molecule has 2 N–H and O–H groups in total. The van der Waals surface area contributed by atoms with Gasteiger partial charge in [-0.15, -0.1) is 0 Å². The van der Waals surface area contributed by atoms with Crippen molar-refractivity contribution >= 4 is 0 Å². The van der Waals surface area contributed by atoms with E-state index < -0.39 is 12.2 Å². The lowest BCUT2D eigenvalue weighted by Crippen LogP contribution is -2.25. The Kier molecular flexibility index (Phi) is 16.2. The average molecular weight is 301 g/mol. The molecular formula is C19H40O2. The molecule has 0 spiro atoms. The maximum absolute atomic E-state index is 9.84. The monoisotopic (exact) mass is 300 g/mol. The molecule has 0 aliphatic rings. The second-order valence-corrected chi connectivity index (χ2v) is 6.60. The molecule has 128 valence electrons. The van der Waals surface area contributed by atoms with E-state index in [0.29, 0.717) is 0 Å². The Morgan fingerprint density at radius 2 is 0.810 bits per heavy atom. The van der Waals surface area contributed by atoms with Crippen LogP contribution in [0.2, 0.25) is 0 Å². The summed E-state index contributed by atoms with van der Waals surface area (Å²) in [4.78, 5) is 0. The Labute approximate surface area is 133 Å². The van der Waals surface area contributed by atoms with Crippen molar-refractivity contribution in [1.82, 2.24) is 0 Å². The van der Waals surface area contributed by atoms with Crippen molar-refractivity contribution in [3.8, 4) is 0 Å². The number of aliphatic hydroxyl groups excluding tert-OH is 2. The van der Waals surface area contributed by atoms with Crippen LogP contribution < -0.4 is 0 Å². The Balaban J connectivity index is 3.21. The Bertz CT molecular complexity index is 194. The molecule has 0 aromatic carbocycles. The number of hydrogen-bond acceptors (Lipinski definition) is 2. The number of aliphatic hydroxyl groups is 2. The second-order valence-electron chi connectivity index (χ2n) is 6.60. The first-order chi connectivity index (χ1) is 10.2. The van der Waals surface area contributed by atoms with Crippen LogP contribution in [0.15, 0.2) is 0 Å². The molecule has 21 heavy (non-hydrogen) atoms. The van der Waals surface area contributed by atoms with Gasteiger partial charge in [0.25, 0.3) is 0 Å². The second kappa shape index (κ2) is 16.3. The number of rotatable bonds is 16. The van der Waals surface area contributed by atoms with Crippen molar-refractivity contribution in [2.75, 3.05) is 0 Å². The highest BCUT2D eigenvalue weighted by molar-refractivity contribution is 4.67. The highest BCUT2D eigenvalue weighted by Gasteiger charge is 2.14. The largest absolute Gasteiger partial charge is 0.390 e. The first kappa shape index (κ1) is 20.9. The minimum absolute atomic E-state index is 0.505. The predicted octanol–water partition coefficient (Wildman–Crippen LogP) is 5.60. The Morgan fingerprint density at radius 1 is 0.476 bits per heavy atom. The van der Waals surface area contributed by atoms with Crippen LogP contribution in [0, 0.1) is 0 Å². The molecule has 2 unspecified atom stereocenters. The lowest BCUT2D eigenvalue weighted by Gasteiger charge is -2.17. The van der Waals surface area contributed by atoms with E-state index in [-0.39, 0.29) is 0 Å². The molecule has 0 heterocycles. The van der Waals surface area contributed by atoms with Crippen molar-refractivity contribution in [2.45, 2.75) is 122 Å². The first-order valence-corrected chi connectivity index (χ1v) is 9.58. The molecule has 0 bridgehead atoms.